The molecule has 5 nitrogen and oxygen atoms in total. The molecule has 0 unspecified atom stereocenters. The van der Waals surface area contributed by atoms with E-state index in [4.69, 9.17) is 4.74 Å². The van der Waals surface area contributed by atoms with Gasteiger partial charge < -0.3 is 4.74 Å². The Morgan fingerprint density at radius 1 is 1.29 bits per heavy atom. The Morgan fingerprint density at radius 2 is 2.06 bits per heavy atom. The zero-order chi connectivity index (χ0) is 12.1. The van der Waals surface area contributed by atoms with Crippen molar-refractivity contribution in [3.05, 3.63) is 42.2 Å². The second kappa shape index (κ2) is 5.16. The second-order valence-corrected chi connectivity index (χ2v) is 3.25. The van der Waals surface area contributed by atoms with Crippen molar-refractivity contribution in [2.75, 3.05) is 6.61 Å². The highest BCUT2D eigenvalue weighted by atomic mass is 16.5. The molecule has 0 spiro atoms. The first-order valence-corrected chi connectivity index (χ1v) is 5.23. The smallest absolute Gasteiger partial charge is 0.358 e. The van der Waals surface area contributed by atoms with Gasteiger partial charge in [-0.05, 0) is 6.92 Å². The summed E-state index contributed by atoms with van der Waals surface area (Å²) in [6.45, 7) is 2.05. The Kier molecular flexibility index (Phi) is 3.40. The number of carbonyl (C=O) groups excluding carboxylic acids is 1. The van der Waals surface area contributed by atoms with E-state index in [1.165, 1.54) is 6.20 Å². The Bertz CT molecular complexity index is 514. The topological polar surface area (TPSA) is 65.0 Å². The van der Waals surface area contributed by atoms with Gasteiger partial charge in [0.05, 0.1) is 12.8 Å². The van der Waals surface area contributed by atoms with Gasteiger partial charge in [0.1, 0.15) is 0 Å². The minimum atomic E-state index is -0.486. The molecule has 0 radical (unpaired) electrons. The van der Waals surface area contributed by atoms with E-state index in [-0.39, 0.29) is 5.69 Å². The van der Waals surface area contributed by atoms with E-state index >= 15 is 0 Å². The van der Waals surface area contributed by atoms with E-state index in [2.05, 4.69) is 15.2 Å². The van der Waals surface area contributed by atoms with Crippen molar-refractivity contribution in [1.82, 2.24) is 15.2 Å². The molecule has 2 rings (SSSR count). The fourth-order valence-corrected chi connectivity index (χ4v) is 1.32. The summed E-state index contributed by atoms with van der Waals surface area (Å²) < 4.78 is 4.85. The number of ether oxygens (including phenoxy) is 1. The zero-order valence-corrected chi connectivity index (χ0v) is 9.33. The van der Waals surface area contributed by atoms with Crippen LogP contribution in [0.15, 0.2) is 36.5 Å². The van der Waals surface area contributed by atoms with Gasteiger partial charge >= 0.3 is 5.97 Å². The summed E-state index contributed by atoms with van der Waals surface area (Å²) in [7, 11) is 0. The molecule has 1 aromatic carbocycles. The Hall–Kier alpha value is -2.30. The van der Waals surface area contributed by atoms with Gasteiger partial charge in [0.25, 0.3) is 0 Å². The highest BCUT2D eigenvalue weighted by molar-refractivity contribution is 5.87. The van der Waals surface area contributed by atoms with Crippen LogP contribution in [0.4, 0.5) is 0 Å². The maximum Gasteiger partial charge on any atom is 0.358 e. The van der Waals surface area contributed by atoms with Crippen LogP contribution < -0.4 is 0 Å². The van der Waals surface area contributed by atoms with Crippen LogP contribution in [0.5, 0.6) is 0 Å². The normalized spacial score (nSPS) is 9.94. The molecule has 0 saturated carbocycles. The standard InChI is InChI=1S/C12H11N3O2/c1-2-17-12(16)10-8-13-15-11(14-10)9-6-4-3-5-7-9/h3-8H,2H2,1H3. The quantitative estimate of drug-likeness (QED) is 0.750. The summed E-state index contributed by atoms with van der Waals surface area (Å²) in [4.78, 5) is 15.6. The fraction of sp³-hybridized carbons (Fsp3) is 0.167. The first kappa shape index (κ1) is 11.2. The van der Waals surface area contributed by atoms with Crippen molar-refractivity contribution < 1.29 is 9.53 Å². The van der Waals surface area contributed by atoms with Crippen LogP contribution in [0.2, 0.25) is 0 Å². The van der Waals surface area contributed by atoms with Crippen LogP contribution >= 0.6 is 0 Å². The van der Waals surface area contributed by atoms with Gasteiger partial charge in [-0.1, -0.05) is 30.3 Å². The minimum absolute atomic E-state index is 0.167. The zero-order valence-electron chi connectivity index (χ0n) is 9.33. The van der Waals surface area contributed by atoms with Gasteiger partial charge in [-0.2, -0.15) is 5.10 Å². The lowest BCUT2D eigenvalue weighted by molar-refractivity contribution is 0.0518. The van der Waals surface area contributed by atoms with E-state index in [9.17, 15) is 4.79 Å². The third kappa shape index (κ3) is 2.63. The highest BCUT2D eigenvalue weighted by Crippen LogP contribution is 2.12. The van der Waals surface area contributed by atoms with E-state index in [1.807, 2.05) is 30.3 Å². The summed E-state index contributed by atoms with van der Waals surface area (Å²) in [6, 6.07) is 9.34. The molecule has 0 fully saturated rings. The lowest BCUT2D eigenvalue weighted by atomic mass is 10.2. The van der Waals surface area contributed by atoms with Gasteiger partial charge in [0.15, 0.2) is 11.5 Å². The summed E-state index contributed by atoms with van der Waals surface area (Å²) in [5.74, 6) is -0.0734. The van der Waals surface area contributed by atoms with E-state index in [0.29, 0.717) is 12.4 Å². The maximum absolute atomic E-state index is 11.5. The number of aromatic nitrogens is 3. The van der Waals surface area contributed by atoms with Crippen LogP contribution in [-0.2, 0) is 4.74 Å². The summed E-state index contributed by atoms with van der Waals surface area (Å²) in [5, 5.41) is 7.63. The molecule has 0 amide bonds. The van der Waals surface area contributed by atoms with Crippen LogP contribution in [0.1, 0.15) is 17.4 Å². The molecule has 0 aliphatic carbocycles. The van der Waals surface area contributed by atoms with Crippen LogP contribution in [0.3, 0.4) is 0 Å². The number of hydrogen-bond donors (Lipinski definition) is 0. The van der Waals surface area contributed by atoms with E-state index < -0.39 is 5.97 Å². The third-order valence-electron chi connectivity index (χ3n) is 2.08. The predicted octanol–water partition coefficient (Wildman–Crippen LogP) is 1.72. The first-order chi connectivity index (χ1) is 8.31. The molecule has 0 N–H and O–H groups in total. The van der Waals surface area contributed by atoms with Crippen molar-refractivity contribution in [2.24, 2.45) is 0 Å². The molecular formula is C12H11N3O2. The molecule has 0 aliphatic rings. The molecule has 0 saturated heterocycles. The minimum Gasteiger partial charge on any atom is -0.461 e. The molecule has 0 bridgehead atoms. The number of nitrogens with zero attached hydrogens (tertiary/aromatic N) is 3. The van der Waals surface area contributed by atoms with Crippen LogP contribution in [0, 0.1) is 0 Å². The number of rotatable bonds is 3. The molecule has 5 heteroatoms. The summed E-state index contributed by atoms with van der Waals surface area (Å²) >= 11 is 0. The Balaban J connectivity index is 2.32. The number of esters is 1. The average molecular weight is 229 g/mol. The van der Waals surface area contributed by atoms with Gasteiger partial charge in [0, 0.05) is 5.56 Å². The average Bonchev–Trinajstić information content (AvgIpc) is 2.40. The van der Waals surface area contributed by atoms with Gasteiger partial charge in [-0.3, -0.25) is 0 Å². The number of carbonyl (C=O) groups is 1. The van der Waals surface area contributed by atoms with Crippen molar-refractivity contribution in [3.63, 3.8) is 0 Å². The second-order valence-electron chi connectivity index (χ2n) is 3.25. The molecule has 0 aliphatic heterocycles. The van der Waals surface area contributed by atoms with Crippen molar-refractivity contribution >= 4 is 5.97 Å². The molecule has 1 heterocycles. The number of benzene rings is 1. The lowest BCUT2D eigenvalue weighted by Crippen LogP contribution is -2.09. The predicted molar refractivity (Wildman–Crippen MR) is 61.2 cm³/mol. The monoisotopic (exact) mass is 229 g/mol. The number of hydrogen-bond acceptors (Lipinski definition) is 5. The largest absolute Gasteiger partial charge is 0.461 e. The van der Waals surface area contributed by atoms with Gasteiger partial charge in [-0.15, -0.1) is 5.10 Å². The highest BCUT2D eigenvalue weighted by Gasteiger charge is 2.11. The first-order valence-electron chi connectivity index (χ1n) is 5.23. The third-order valence-corrected chi connectivity index (χ3v) is 2.08. The van der Waals surface area contributed by atoms with E-state index in [0.717, 1.165) is 5.56 Å². The Labute approximate surface area is 98.5 Å². The van der Waals surface area contributed by atoms with Crippen molar-refractivity contribution in [2.45, 2.75) is 6.92 Å². The molecule has 17 heavy (non-hydrogen) atoms. The summed E-state index contributed by atoms with van der Waals surface area (Å²) in [5.41, 5.74) is 0.979. The van der Waals surface area contributed by atoms with Gasteiger partial charge in [-0.25, -0.2) is 9.78 Å². The van der Waals surface area contributed by atoms with Crippen molar-refractivity contribution in [3.8, 4) is 11.4 Å². The van der Waals surface area contributed by atoms with Crippen LogP contribution in [0.25, 0.3) is 11.4 Å². The molecule has 2 aromatic rings. The molecular weight excluding hydrogens is 218 g/mol. The molecule has 1 aromatic heterocycles. The lowest BCUT2D eigenvalue weighted by Gasteiger charge is -2.02. The van der Waals surface area contributed by atoms with Gasteiger partial charge in [0.2, 0.25) is 0 Å². The SMILES string of the molecule is CCOC(=O)c1cnnc(-c2ccccc2)n1. The van der Waals surface area contributed by atoms with E-state index in [1.54, 1.807) is 6.92 Å². The van der Waals surface area contributed by atoms with Crippen molar-refractivity contribution in [1.29, 1.82) is 0 Å². The summed E-state index contributed by atoms with van der Waals surface area (Å²) in [6.07, 6.45) is 1.30. The maximum atomic E-state index is 11.5. The molecule has 0 atom stereocenters. The van der Waals surface area contributed by atoms with Crippen LogP contribution in [-0.4, -0.2) is 27.8 Å². The fourth-order valence-electron chi connectivity index (χ4n) is 1.32. The Morgan fingerprint density at radius 3 is 2.76 bits per heavy atom. The molecule has 86 valence electrons.